The minimum Gasteiger partial charge on any atom is -0.392 e. The van der Waals surface area contributed by atoms with Crippen LogP contribution in [0.2, 0.25) is 0 Å². The van der Waals surface area contributed by atoms with Crippen molar-refractivity contribution in [2.24, 2.45) is 5.73 Å². The highest BCUT2D eigenvalue weighted by atomic mass is 32.1. The Morgan fingerprint density at radius 3 is 2.76 bits per heavy atom. The van der Waals surface area contributed by atoms with E-state index in [9.17, 15) is 0 Å². The van der Waals surface area contributed by atoms with E-state index in [0.29, 0.717) is 11.5 Å². The molecule has 2 N–H and O–H groups in total. The molecule has 0 fully saturated rings. The third-order valence-electron chi connectivity index (χ3n) is 3.31. The van der Waals surface area contributed by atoms with Gasteiger partial charge in [-0.25, -0.2) is 9.97 Å². The van der Waals surface area contributed by atoms with Crippen LogP contribution in [0, 0.1) is 13.8 Å². The SMILES string of the molecule is Cc1cccc(-c2nc3cc(C)cnc3n2CC(N)=S)c1. The smallest absolute Gasteiger partial charge is 0.160 e. The lowest BCUT2D eigenvalue weighted by Gasteiger charge is -2.08. The minimum atomic E-state index is 0.422. The van der Waals surface area contributed by atoms with Crippen LogP contribution >= 0.6 is 12.2 Å². The molecule has 0 aliphatic carbocycles. The Hall–Kier alpha value is -2.27. The first kappa shape index (κ1) is 13.7. The third-order valence-corrected chi connectivity index (χ3v) is 3.44. The molecule has 0 saturated heterocycles. The van der Waals surface area contributed by atoms with Crippen molar-refractivity contribution in [2.75, 3.05) is 0 Å². The van der Waals surface area contributed by atoms with Crippen molar-refractivity contribution in [1.29, 1.82) is 0 Å². The van der Waals surface area contributed by atoms with Gasteiger partial charge in [-0.05, 0) is 31.5 Å². The summed E-state index contributed by atoms with van der Waals surface area (Å²) in [4.78, 5) is 9.63. The highest BCUT2D eigenvalue weighted by Gasteiger charge is 2.14. The van der Waals surface area contributed by atoms with Crippen molar-refractivity contribution in [3.05, 3.63) is 47.7 Å². The number of hydrogen-bond acceptors (Lipinski definition) is 3. The van der Waals surface area contributed by atoms with Gasteiger partial charge in [-0.2, -0.15) is 0 Å². The molecule has 1 aromatic carbocycles. The maximum absolute atomic E-state index is 5.74. The van der Waals surface area contributed by atoms with Gasteiger partial charge in [0, 0.05) is 11.8 Å². The molecule has 0 spiro atoms. The second-order valence-corrected chi connectivity index (χ2v) is 5.74. The first-order valence-corrected chi connectivity index (χ1v) is 7.13. The van der Waals surface area contributed by atoms with Gasteiger partial charge < -0.3 is 10.3 Å². The van der Waals surface area contributed by atoms with Crippen molar-refractivity contribution in [3.63, 3.8) is 0 Å². The molecule has 0 atom stereocenters. The summed E-state index contributed by atoms with van der Waals surface area (Å²) in [6.07, 6.45) is 1.83. The zero-order chi connectivity index (χ0) is 15.0. The molecular weight excluding hydrogens is 280 g/mol. The van der Waals surface area contributed by atoms with Crippen LogP contribution in [0.15, 0.2) is 36.5 Å². The van der Waals surface area contributed by atoms with E-state index in [0.717, 1.165) is 28.1 Å². The van der Waals surface area contributed by atoms with Crippen LogP contribution in [0.25, 0.3) is 22.6 Å². The average Bonchev–Trinajstić information content (AvgIpc) is 2.76. The van der Waals surface area contributed by atoms with Crippen molar-refractivity contribution in [3.8, 4) is 11.4 Å². The Morgan fingerprint density at radius 2 is 2.05 bits per heavy atom. The van der Waals surface area contributed by atoms with E-state index >= 15 is 0 Å². The predicted molar refractivity (Wildman–Crippen MR) is 89.2 cm³/mol. The van der Waals surface area contributed by atoms with E-state index in [4.69, 9.17) is 22.9 Å². The van der Waals surface area contributed by atoms with E-state index < -0.39 is 0 Å². The minimum absolute atomic E-state index is 0.422. The number of nitrogens with two attached hydrogens (primary N) is 1. The third kappa shape index (κ3) is 2.64. The lowest BCUT2D eigenvalue weighted by atomic mass is 10.1. The van der Waals surface area contributed by atoms with Gasteiger partial charge in [-0.1, -0.05) is 36.0 Å². The number of thiocarbonyl (C=S) groups is 1. The molecule has 5 heteroatoms. The van der Waals surface area contributed by atoms with Gasteiger partial charge in [0.25, 0.3) is 0 Å². The maximum atomic E-state index is 5.74. The monoisotopic (exact) mass is 296 g/mol. The van der Waals surface area contributed by atoms with Crippen LogP contribution in [0.4, 0.5) is 0 Å². The Morgan fingerprint density at radius 1 is 1.24 bits per heavy atom. The molecule has 2 aromatic heterocycles. The molecule has 0 aliphatic rings. The van der Waals surface area contributed by atoms with Gasteiger partial charge in [0.2, 0.25) is 0 Å². The average molecular weight is 296 g/mol. The van der Waals surface area contributed by atoms with Crippen LogP contribution in [-0.2, 0) is 6.54 Å². The fourth-order valence-electron chi connectivity index (χ4n) is 2.42. The first-order chi connectivity index (χ1) is 10.0. The van der Waals surface area contributed by atoms with E-state index in [1.807, 2.05) is 35.9 Å². The summed E-state index contributed by atoms with van der Waals surface area (Å²) in [5.74, 6) is 0.847. The summed E-state index contributed by atoms with van der Waals surface area (Å²) >= 11 is 5.07. The quantitative estimate of drug-likeness (QED) is 0.755. The summed E-state index contributed by atoms with van der Waals surface area (Å²) in [5, 5.41) is 0. The second-order valence-electron chi connectivity index (χ2n) is 5.21. The van der Waals surface area contributed by atoms with Crippen molar-refractivity contribution >= 4 is 28.4 Å². The molecule has 0 saturated carbocycles. The lowest BCUT2D eigenvalue weighted by Crippen LogP contribution is -2.17. The lowest BCUT2D eigenvalue weighted by molar-refractivity contribution is 0.881. The van der Waals surface area contributed by atoms with Gasteiger partial charge in [-0.3, -0.25) is 0 Å². The molecule has 106 valence electrons. The molecule has 0 radical (unpaired) electrons. The largest absolute Gasteiger partial charge is 0.392 e. The van der Waals surface area contributed by atoms with E-state index in [2.05, 4.69) is 24.0 Å². The predicted octanol–water partition coefficient (Wildman–Crippen LogP) is 3.00. The molecule has 3 rings (SSSR count). The van der Waals surface area contributed by atoms with E-state index in [1.54, 1.807) is 0 Å². The molecule has 0 unspecified atom stereocenters. The zero-order valence-electron chi connectivity index (χ0n) is 12.0. The van der Waals surface area contributed by atoms with Crippen LogP contribution in [0.3, 0.4) is 0 Å². The zero-order valence-corrected chi connectivity index (χ0v) is 12.8. The number of aromatic nitrogens is 3. The highest BCUT2D eigenvalue weighted by molar-refractivity contribution is 7.80. The van der Waals surface area contributed by atoms with Gasteiger partial charge >= 0.3 is 0 Å². The molecular formula is C16H16N4S. The van der Waals surface area contributed by atoms with Crippen LogP contribution in [-0.4, -0.2) is 19.5 Å². The van der Waals surface area contributed by atoms with Crippen molar-refractivity contribution < 1.29 is 0 Å². The number of fused-ring (bicyclic) bond motifs is 1. The van der Waals surface area contributed by atoms with Crippen LogP contribution in [0.5, 0.6) is 0 Å². The molecule has 0 bridgehead atoms. The summed E-state index contributed by atoms with van der Waals surface area (Å²) in [5.41, 5.74) is 10.7. The molecule has 3 aromatic rings. The van der Waals surface area contributed by atoms with E-state index in [-0.39, 0.29) is 0 Å². The fraction of sp³-hybridized carbons (Fsp3) is 0.188. The fourth-order valence-corrected chi connectivity index (χ4v) is 2.55. The Balaban J connectivity index is 2.27. The summed E-state index contributed by atoms with van der Waals surface area (Å²) in [7, 11) is 0. The van der Waals surface area contributed by atoms with Gasteiger partial charge in [0.15, 0.2) is 5.65 Å². The van der Waals surface area contributed by atoms with Crippen molar-refractivity contribution in [2.45, 2.75) is 20.4 Å². The topological polar surface area (TPSA) is 56.7 Å². The van der Waals surface area contributed by atoms with Gasteiger partial charge in [-0.15, -0.1) is 0 Å². The standard InChI is InChI=1S/C16H16N4S/c1-10-4-3-5-12(6-10)15-19-13-7-11(2)8-18-16(13)20(15)9-14(17)21/h3-8H,9H2,1-2H3,(H2,17,21). The normalized spacial score (nSPS) is 11.0. The van der Waals surface area contributed by atoms with Crippen molar-refractivity contribution in [1.82, 2.24) is 14.5 Å². The van der Waals surface area contributed by atoms with Gasteiger partial charge in [0.1, 0.15) is 11.3 Å². The van der Waals surface area contributed by atoms with Gasteiger partial charge in [0.05, 0.1) is 11.5 Å². The van der Waals surface area contributed by atoms with Crippen LogP contribution in [0.1, 0.15) is 11.1 Å². The number of hydrogen-bond donors (Lipinski definition) is 1. The molecule has 21 heavy (non-hydrogen) atoms. The maximum Gasteiger partial charge on any atom is 0.160 e. The Labute approximate surface area is 128 Å². The highest BCUT2D eigenvalue weighted by Crippen LogP contribution is 2.24. The summed E-state index contributed by atoms with van der Waals surface area (Å²) in [6.45, 7) is 4.50. The number of rotatable bonds is 3. The molecule has 4 nitrogen and oxygen atoms in total. The molecule has 0 amide bonds. The second kappa shape index (κ2) is 5.26. The Bertz CT molecular complexity index is 835. The summed E-state index contributed by atoms with van der Waals surface area (Å²) < 4.78 is 1.98. The van der Waals surface area contributed by atoms with Crippen LogP contribution < -0.4 is 5.73 Å². The number of imidazole rings is 1. The number of nitrogens with zero attached hydrogens (tertiary/aromatic N) is 3. The number of pyridine rings is 1. The van der Waals surface area contributed by atoms with E-state index in [1.165, 1.54) is 5.56 Å². The number of benzene rings is 1. The number of aryl methyl sites for hydroxylation is 2. The summed E-state index contributed by atoms with van der Waals surface area (Å²) in [6, 6.07) is 10.2. The molecule has 2 heterocycles. The molecule has 0 aliphatic heterocycles. The first-order valence-electron chi connectivity index (χ1n) is 6.73. The Kier molecular flexibility index (Phi) is 3.43.